The van der Waals surface area contributed by atoms with Crippen molar-refractivity contribution in [3.63, 3.8) is 0 Å². The fourth-order valence-corrected chi connectivity index (χ4v) is 4.21. The van der Waals surface area contributed by atoms with Gasteiger partial charge in [-0.3, -0.25) is 4.79 Å². The van der Waals surface area contributed by atoms with Crippen molar-refractivity contribution in [2.75, 3.05) is 25.1 Å². The SMILES string of the molecule is COC(=O)C[C@@H]1[C@H]2CN(c3nc(Cl)nc4scnc34)C[C@@H]12. The Morgan fingerprint density at radius 3 is 2.95 bits per heavy atom. The third-order valence-electron chi connectivity index (χ3n) is 4.45. The number of hydrogen-bond acceptors (Lipinski definition) is 7. The van der Waals surface area contributed by atoms with Gasteiger partial charge in [0.15, 0.2) is 10.6 Å². The predicted molar refractivity (Wildman–Crippen MR) is 79.5 cm³/mol. The van der Waals surface area contributed by atoms with Gasteiger partial charge < -0.3 is 9.64 Å². The van der Waals surface area contributed by atoms with Gasteiger partial charge in [-0.15, -0.1) is 11.3 Å². The molecule has 8 heteroatoms. The Balaban J connectivity index is 1.53. The maximum absolute atomic E-state index is 11.3. The number of thiazole rings is 1. The van der Waals surface area contributed by atoms with E-state index in [4.69, 9.17) is 16.3 Å². The first-order chi connectivity index (χ1) is 10.2. The number of ether oxygens (including phenoxy) is 1. The predicted octanol–water partition coefficient (Wildman–Crippen LogP) is 1.98. The summed E-state index contributed by atoms with van der Waals surface area (Å²) in [6.07, 6.45) is 0.524. The molecule has 1 aliphatic heterocycles. The number of anilines is 1. The summed E-state index contributed by atoms with van der Waals surface area (Å²) in [5.41, 5.74) is 2.57. The topological polar surface area (TPSA) is 68.2 Å². The molecule has 0 bridgehead atoms. The molecule has 2 aliphatic rings. The van der Waals surface area contributed by atoms with Gasteiger partial charge in [0.1, 0.15) is 5.52 Å². The number of nitrogens with zero attached hydrogens (tertiary/aromatic N) is 4. The van der Waals surface area contributed by atoms with Crippen molar-refractivity contribution in [3.05, 3.63) is 10.8 Å². The van der Waals surface area contributed by atoms with Gasteiger partial charge in [-0.25, -0.2) is 9.97 Å². The van der Waals surface area contributed by atoms with Crippen molar-refractivity contribution in [1.82, 2.24) is 15.0 Å². The van der Waals surface area contributed by atoms with E-state index in [-0.39, 0.29) is 11.3 Å². The highest BCUT2D eigenvalue weighted by molar-refractivity contribution is 7.16. The zero-order valence-corrected chi connectivity index (χ0v) is 12.9. The van der Waals surface area contributed by atoms with E-state index >= 15 is 0 Å². The number of fused-ring (bicyclic) bond motifs is 2. The average Bonchev–Trinajstić information content (AvgIpc) is 2.90. The highest BCUT2D eigenvalue weighted by atomic mass is 35.5. The highest BCUT2D eigenvalue weighted by Gasteiger charge is 2.56. The number of rotatable bonds is 3. The molecule has 21 heavy (non-hydrogen) atoms. The number of methoxy groups -OCH3 is 1. The summed E-state index contributed by atoms with van der Waals surface area (Å²) in [7, 11) is 1.44. The molecule has 1 aliphatic carbocycles. The Bertz CT molecular complexity index is 709. The third-order valence-corrected chi connectivity index (χ3v) is 5.34. The van der Waals surface area contributed by atoms with E-state index in [0.29, 0.717) is 24.2 Å². The first-order valence-corrected chi connectivity index (χ1v) is 8.01. The van der Waals surface area contributed by atoms with Crippen LogP contribution in [-0.2, 0) is 9.53 Å². The van der Waals surface area contributed by atoms with Crippen LogP contribution in [0.25, 0.3) is 10.3 Å². The number of esters is 1. The van der Waals surface area contributed by atoms with Crippen LogP contribution in [0, 0.1) is 17.8 Å². The molecule has 0 radical (unpaired) electrons. The van der Waals surface area contributed by atoms with Gasteiger partial charge in [0, 0.05) is 19.5 Å². The zero-order chi connectivity index (χ0) is 14.6. The molecular formula is C13H13ClN4O2S. The van der Waals surface area contributed by atoms with Crippen LogP contribution in [0.4, 0.5) is 5.82 Å². The van der Waals surface area contributed by atoms with E-state index in [9.17, 15) is 4.79 Å². The molecule has 2 fully saturated rings. The van der Waals surface area contributed by atoms with Crippen molar-refractivity contribution < 1.29 is 9.53 Å². The lowest BCUT2D eigenvalue weighted by Gasteiger charge is -2.20. The van der Waals surface area contributed by atoms with Crippen LogP contribution in [0.15, 0.2) is 5.51 Å². The van der Waals surface area contributed by atoms with E-state index in [1.54, 1.807) is 5.51 Å². The second-order valence-corrected chi connectivity index (χ2v) is 6.67. The quantitative estimate of drug-likeness (QED) is 0.635. The maximum Gasteiger partial charge on any atom is 0.305 e. The number of aromatic nitrogens is 3. The molecule has 110 valence electrons. The molecule has 0 aromatic carbocycles. The molecule has 2 aromatic heterocycles. The smallest absolute Gasteiger partial charge is 0.305 e. The van der Waals surface area contributed by atoms with Crippen molar-refractivity contribution in [1.29, 1.82) is 0 Å². The lowest BCUT2D eigenvalue weighted by Crippen LogP contribution is -2.26. The minimum Gasteiger partial charge on any atom is -0.469 e. The van der Waals surface area contributed by atoms with E-state index in [0.717, 1.165) is 29.3 Å². The number of carbonyl (C=O) groups is 1. The van der Waals surface area contributed by atoms with Gasteiger partial charge in [0.05, 0.1) is 12.6 Å². The molecule has 1 saturated heterocycles. The Morgan fingerprint density at radius 1 is 1.48 bits per heavy atom. The van der Waals surface area contributed by atoms with Crippen LogP contribution >= 0.6 is 22.9 Å². The molecule has 0 N–H and O–H groups in total. The average molecular weight is 325 g/mol. The molecule has 1 saturated carbocycles. The molecule has 3 heterocycles. The second-order valence-electron chi connectivity index (χ2n) is 5.50. The van der Waals surface area contributed by atoms with Crippen LogP contribution in [-0.4, -0.2) is 41.1 Å². The first kappa shape index (κ1) is 13.2. The summed E-state index contributed by atoms with van der Waals surface area (Å²) in [5, 5.41) is 0.258. The number of halogens is 1. The lowest BCUT2D eigenvalue weighted by atomic mass is 10.2. The maximum atomic E-state index is 11.3. The third kappa shape index (κ3) is 2.15. The Kier molecular flexibility index (Phi) is 3.00. The van der Waals surface area contributed by atoms with Gasteiger partial charge in [0.2, 0.25) is 5.28 Å². The normalized spacial score (nSPS) is 27.0. The lowest BCUT2D eigenvalue weighted by molar-refractivity contribution is -0.141. The highest BCUT2D eigenvalue weighted by Crippen LogP contribution is 2.54. The minimum absolute atomic E-state index is 0.118. The molecule has 0 unspecified atom stereocenters. The minimum atomic E-state index is -0.118. The number of hydrogen-bond donors (Lipinski definition) is 0. The van der Waals surface area contributed by atoms with E-state index in [2.05, 4.69) is 19.9 Å². The van der Waals surface area contributed by atoms with Gasteiger partial charge >= 0.3 is 5.97 Å². The van der Waals surface area contributed by atoms with E-state index < -0.39 is 0 Å². The molecule has 2 aromatic rings. The Labute approximate surface area is 130 Å². The summed E-state index contributed by atoms with van der Waals surface area (Å²) in [5.74, 6) is 2.25. The van der Waals surface area contributed by atoms with Gasteiger partial charge in [0.25, 0.3) is 0 Å². The van der Waals surface area contributed by atoms with Crippen molar-refractivity contribution in [2.24, 2.45) is 17.8 Å². The monoisotopic (exact) mass is 324 g/mol. The Hall–Kier alpha value is -1.47. The summed E-state index contributed by atoms with van der Waals surface area (Å²) < 4.78 is 4.74. The van der Waals surface area contributed by atoms with Crippen molar-refractivity contribution in [3.8, 4) is 0 Å². The van der Waals surface area contributed by atoms with Crippen LogP contribution < -0.4 is 4.90 Å². The summed E-state index contributed by atoms with van der Waals surface area (Å²) in [6.45, 7) is 1.79. The zero-order valence-electron chi connectivity index (χ0n) is 11.3. The standard InChI is InChI=1S/C13H13ClN4O2S/c1-20-9(19)2-6-7-3-18(4-8(6)7)11-10-12(21-5-15-10)17-13(14)16-11/h5-8H,2-4H2,1H3/t6-,7-,8+. The van der Waals surface area contributed by atoms with Crippen molar-refractivity contribution >= 4 is 45.1 Å². The molecule has 0 spiro atoms. The second kappa shape index (κ2) is 4.78. The van der Waals surface area contributed by atoms with E-state index in [1.807, 2.05) is 0 Å². The number of carbonyl (C=O) groups excluding carboxylic acids is 1. The van der Waals surface area contributed by atoms with E-state index in [1.165, 1.54) is 18.4 Å². The number of piperidine rings is 1. The van der Waals surface area contributed by atoms with Gasteiger partial charge in [-0.1, -0.05) is 0 Å². The summed E-state index contributed by atoms with van der Waals surface area (Å²) in [6, 6.07) is 0. The fraction of sp³-hybridized carbons (Fsp3) is 0.538. The van der Waals surface area contributed by atoms with Crippen LogP contribution in [0.5, 0.6) is 0 Å². The van der Waals surface area contributed by atoms with Crippen LogP contribution in [0.1, 0.15) is 6.42 Å². The van der Waals surface area contributed by atoms with Crippen LogP contribution in [0.2, 0.25) is 5.28 Å². The largest absolute Gasteiger partial charge is 0.469 e. The van der Waals surface area contributed by atoms with Crippen LogP contribution in [0.3, 0.4) is 0 Å². The summed E-state index contributed by atoms with van der Waals surface area (Å²) in [4.78, 5) is 27.2. The fourth-order valence-electron chi connectivity index (χ4n) is 3.34. The molecular weight excluding hydrogens is 312 g/mol. The van der Waals surface area contributed by atoms with Gasteiger partial charge in [-0.2, -0.15) is 4.98 Å². The molecule has 4 rings (SSSR count). The summed E-state index contributed by atoms with van der Waals surface area (Å²) >= 11 is 7.46. The molecule has 3 atom stereocenters. The van der Waals surface area contributed by atoms with Gasteiger partial charge in [-0.05, 0) is 29.4 Å². The molecule has 0 amide bonds. The molecule has 6 nitrogen and oxygen atoms in total. The first-order valence-electron chi connectivity index (χ1n) is 6.76. The Morgan fingerprint density at radius 2 is 2.24 bits per heavy atom. The van der Waals surface area contributed by atoms with Crippen molar-refractivity contribution in [2.45, 2.75) is 6.42 Å².